The highest BCUT2D eigenvalue weighted by Crippen LogP contribution is 2.09. The summed E-state index contributed by atoms with van der Waals surface area (Å²) >= 11 is 1.61. The molecule has 1 fully saturated rings. The third kappa shape index (κ3) is 3.94. The van der Waals surface area contributed by atoms with Gasteiger partial charge in [-0.25, -0.2) is 9.78 Å². The summed E-state index contributed by atoms with van der Waals surface area (Å²) in [6.07, 6.45) is 0. The Morgan fingerprint density at radius 2 is 2.36 bits per heavy atom. The maximum Gasteiger partial charge on any atom is 0.324 e. The monoisotopic (exact) mass is 324 g/mol. The molecule has 2 rings (SSSR count). The molecule has 2 N–H and O–H groups in total. The molecule has 8 nitrogen and oxygen atoms in total. The van der Waals surface area contributed by atoms with Crippen LogP contribution >= 0.6 is 11.3 Å². The van der Waals surface area contributed by atoms with Gasteiger partial charge in [0.05, 0.1) is 23.8 Å². The van der Waals surface area contributed by atoms with Crippen molar-refractivity contribution in [1.29, 1.82) is 0 Å². The molecule has 0 bridgehead atoms. The molecule has 0 atom stereocenters. The summed E-state index contributed by atoms with van der Waals surface area (Å²) in [5.74, 6) is 0.491. The van der Waals surface area contributed by atoms with Crippen LogP contribution in [0.3, 0.4) is 0 Å². The predicted octanol–water partition coefficient (Wildman–Crippen LogP) is 0.0105. The van der Waals surface area contributed by atoms with Crippen molar-refractivity contribution in [2.24, 2.45) is 4.99 Å². The van der Waals surface area contributed by atoms with Crippen molar-refractivity contribution in [3.63, 3.8) is 0 Å². The summed E-state index contributed by atoms with van der Waals surface area (Å²) < 4.78 is 0. The number of thiazole rings is 1. The highest BCUT2D eigenvalue weighted by molar-refractivity contribution is 7.09. The normalized spacial score (nSPS) is 15.2. The fourth-order valence-electron chi connectivity index (χ4n) is 2.14. The molecule has 0 unspecified atom stereocenters. The maximum absolute atomic E-state index is 11.5. The van der Waals surface area contributed by atoms with E-state index in [0.717, 1.165) is 10.7 Å². The Morgan fingerprint density at radius 1 is 1.59 bits per heavy atom. The Hall–Kier alpha value is -2.16. The van der Waals surface area contributed by atoms with Crippen molar-refractivity contribution >= 4 is 29.2 Å². The smallest absolute Gasteiger partial charge is 0.324 e. The standard InChI is InChI=1S/C13H20N6O2S/c1-9-17-10(8-22-9)7-18(3)12(14-2)15-4-5-19-11(20)6-16-13(19)21/h8H,4-7H2,1-3H3,(H,14,15)(H,16,21). The van der Waals surface area contributed by atoms with Crippen LogP contribution in [0.2, 0.25) is 0 Å². The van der Waals surface area contributed by atoms with Crippen LogP contribution in [-0.2, 0) is 11.3 Å². The van der Waals surface area contributed by atoms with Crippen molar-refractivity contribution in [2.75, 3.05) is 33.7 Å². The van der Waals surface area contributed by atoms with Gasteiger partial charge in [0.1, 0.15) is 0 Å². The van der Waals surface area contributed by atoms with Crippen LogP contribution in [0.1, 0.15) is 10.7 Å². The van der Waals surface area contributed by atoms with Crippen LogP contribution in [0.15, 0.2) is 10.4 Å². The fourth-order valence-corrected chi connectivity index (χ4v) is 2.75. The molecule has 1 aromatic rings. The van der Waals surface area contributed by atoms with Crippen LogP contribution < -0.4 is 10.6 Å². The zero-order valence-corrected chi connectivity index (χ0v) is 13.7. The lowest BCUT2D eigenvalue weighted by Crippen LogP contribution is -2.43. The number of carbonyl (C=O) groups excluding carboxylic acids is 2. The molecule has 2 heterocycles. The minimum Gasteiger partial charge on any atom is -0.354 e. The second-order valence-corrected chi connectivity index (χ2v) is 5.95. The third-order valence-corrected chi connectivity index (χ3v) is 4.02. The molecule has 1 aliphatic heterocycles. The van der Waals surface area contributed by atoms with Gasteiger partial charge in [0.15, 0.2) is 5.96 Å². The second kappa shape index (κ2) is 7.21. The van der Waals surface area contributed by atoms with E-state index < -0.39 is 0 Å². The molecule has 22 heavy (non-hydrogen) atoms. The lowest BCUT2D eigenvalue weighted by Gasteiger charge is -2.22. The molecule has 1 aromatic heterocycles. The number of guanidine groups is 1. The van der Waals surface area contributed by atoms with Crippen LogP contribution in [-0.4, -0.2) is 66.4 Å². The maximum atomic E-state index is 11.5. The number of aliphatic imine (C=N–C) groups is 1. The van der Waals surface area contributed by atoms with Crippen molar-refractivity contribution < 1.29 is 9.59 Å². The summed E-state index contributed by atoms with van der Waals surface area (Å²) in [5.41, 5.74) is 0.988. The van der Waals surface area contributed by atoms with Gasteiger partial charge in [-0.1, -0.05) is 0 Å². The van der Waals surface area contributed by atoms with Gasteiger partial charge in [0.25, 0.3) is 0 Å². The number of nitrogens with zero attached hydrogens (tertiary/aromatic N) is 4. The lowest BCUT2D eigenvalue weighted by molar-refractivity contribution is -0.124. The van der Waals surface area contributed by atoms with Gasteiger partial charge in [0.2, 0.25) is 5.91 Å². The van der Waals surface area contributed by atoms with Gasteiger partial charge in [-0.3, -0.25) is 14.7 Å². The highest BCUT2D eigenvalue weighted by Gasteiger charge is 2.27. The van der Waals surface area contributed by atoms with E-state index in [9.17, 15) is 9.59 Å². The Morgan fingerprint density at radius 3 is 2.91 bits per heavy atom. The molecule has 9 heteroatoms. The van der Waals surface area contributed by atoms with Crippen LogP contribution in [0.5, 0.6) is 0 Å². The number of imide groups is 1. The quantitative estimate of drug-likeness (QED) is 0.452. The number of hydrogen-bond donors (Lipinski definition) is 2. The number of urea groups is 1. The van der Waals surface area contributed by atoms with Crippen LogP contribution in [0.25, 0.3) is 0 Å². The van der Waals surface area contributed by atoms with Crippen molar-refractivity contribution in [2.45, 2.75) is 13.5 Å². The van der Waals surface area contributed by atoms with E-state index in [1.807, 2.05) is 24.3 Å². The van der Waals surface area contributed by atoms with E-state index in [2.05, 4.69) is 20.6 Å². The largest absolute Gasteiger partial charge is 0.354 e. The minimum atomic E-state index is -0.340. The van der Waals surface area contributed by atoms with Gasteiger partial charge in [-0.05, 0) is 6.92 Å². The molecule has 0 saturated carbocycles. The van der Waals surface area contributed by atoms with E-state index in [4.69, 9.17) is 0 Å². The lowest BCUT2D eigenvalue weighted by atomic mass is 10.4. The average molecular weight is 324 g/mol. The molecular formula is C13H20N6O2S. The first-order valence-electron chi connectivity index (χ1n) is 6.92. The van der Waals surface area contributed by atoms with E-state index in [1.165, 1.54) is 4.90 Å². The summed E-state index contributed by atoms with van der Waals surface area (Å²) in [7, 11) is 3.61. The van der Waals surface area contributed by atoms with Gasteiger partial charge >= 0.3 is 6.03 Å². The number of rotatable bonds is 5. The topological polar surface area (TPSA) is 89.9 Å². The number of carbonyl (C=O) groups is 2. The van der Waals surface area contributed by atoms with E-state index >= 15 is 0 Å². The molecule has 3 amide bonds. The van der Waals surface area contributed by atoms with E-state index in [0.29, 0.717) is 25.6 Å². The molecule has 0 radical (unpaired) electrons. The second-order valence-electron chi connectivity index (χ2n) is 4.89. The number of nitrogens with one attached hydrogen (secondary N) is 2. The molecule has 0 spiro atoms. The first kappa shape index (κ1) is 16.2. The van der Waals surface area contributed by atoms with E-state index in [-0.39, 0.29) is 18.5 Å². The molecule has 0 aromatic carbocycles. The molecule has 0 aliphatic carbocycles. The van der Waals surface area contributed by atoms with Crippen molar-refractivity contribution in [3.05, 3.63) is 16.1 Å². The van der Waals surface area contributed by atoms with Gasteiger partial charge < -0.3 is 15.5 Å². The molecule has 1 aliphatic rings. The van der Waals surface area contributed by atoms with E-state index in [1.54, 1.807) is 18.4 Å². The number of amides is 3. The van der Waals surface area contributed by atoms with Gasteiger partial charge in [-0.2, -0.15) is 0 Å². The Balaban J connectivity index is 1.81. The fraction of sp³-hybridized carbons (Fsp3) is 0.538. The zero-order chi connectivity index (χ0) is 16.1. The molecular weight excluding hydrogens is 304 g/mol. The average Bonchev–Trinajstić information content (AvgIpc) is 3.02. The van der Waals surface area contributed by atoms with Gasteiger partial charge in [0, 0.05) is 32.6 Å². The van der Waals surface area contributed by atoms with Crippen molar-refractivity contribution in [1.82, 2.24) is 25.4 Å². The minimum absolute atomic E-state index is 0.0800. The summed E-state index contributed by atoms with van der Waals surface area (Å²) in [6, 6.07) is -0.340. The number of hydrogen-bond acceptors (Lipinski definition) is 5. The first-order valence-corrected chi connectivity index (χ1v) is 7.80. The Kier molecular flexibility index (Phi) is 5.31. The Bertz CT molecular complexity index is 569. The number of aryl methyl sites for hydroxylation is 1. The Labute approximate surface area is 133 Å². The summed E-state index contributed by atoms with van der Waals surface area (Å²) in [6.45, 7) is 3.46. The SMILES string of the molecule is CN=C(NCCN1C(=O)CNC1=O)N(C)Cc1csc(C)n1. The first-order chi connectivity index (χ1) is 10.5. The number of aromatic nitrogens is 1. The molecule has 1 saturated heterocycles. The molecule has 120 valence electrons. The van der Waals surface area contributed by atoms with Gasteiger partial charge in [-0.15, -0.1) is 11.3 Å². The third-order valence-electron chi connectivity index (χ3n) is 3.19. The summed E-state index contributed by atoms with van der Waals surface area (Å²) in [5, 5.41) is 8.69. The predicted molar refractivity (Wildman–Crippen MR) is 84.8 cm³/mol. The van der Waals surface area contributed by atoms with Crippen LogP contribution in [0, 0.1) is 6.92 Å². The summed E-state index contributed by atoms with van der Waals surface area (Å²) in [4.78, 5) is 34.7. The van der Waals surface area contributed by atoms with Crippen molar-refractivity contribution in [3.8, 4) is 0 Å². The van der Waals surface area contributed by atoms with Crippen LogP contribution in [0.4, 0.5) is 4.79 Å². The zero-order valence-electron chi connectivity index (χ0n) is 12.9. The highest BCUT2D eigenvalue weighted by atomic mass is 32.1.